The minimum absolute atomic E-state index is 0.390. The maximum atomic E-state index is 10.2. The van der Waals surface area contributed by atoms with Crippen molar-refractivity contribution in [1.82, 2.24) is 29.7 Å². The smallest absolute Gasteiger partial charge is 0.229 e. The molecule has 34 heavy (non-hydrogen) atoms. The number of hydrogen-bond acceptors (Lipinski definition) is 9. The molecule has 0 spiro atoms. The Morgan fingerprint density at radius 2 is 1.91 bits per heavy atom. The summed E-state index contributed by atoms with van der Waals surface area (Å²) in [5.41, 5.74) is 2.64. The lowest BCUT2D eigenvalue weighted by Gasteiger charge is -2.32. The van der Waals surface area contributed by atoms with Crippen molar-refractivity contribution in [1.29, 1.82) is 0 Å². The fourth-order valence-electron chi connectivity index (χ4n) is 4.74. The third-order valence-corrected chi connectivity index (χ3v) is 6.89. The molecule has 0 aliphatic carbocycles. The first-order valence-corrected chi connectivity index (χ1v) is 12.2. The van der Waals surface area contributed by atoms with Crippen molar-refractivity contribution in [2.24, 2.45) is 0 Å². The van der Waals surface area contributed by atoms with Gasteiger partial charge in [-0.3, -0.25) is 4.90 Å². The first kappa shape index (κ1) is 22.9. The Morgan fingerprint density at radius 1 is 1.09 bits per heavy atom. The Balaban J connectivity index is 1.36. The minimum atomic E-state index is -0.646. The predicted molar refractivity (Wildman–Crippen MR) is 134 cm³/mol. The van der Waals surface area contributed by atoms with Crippen LogP contribution in [0.5, 0.6) is 0 Å². The average molecular weight is 463 g/mol. The van der Waals surface area contributed by atoms with Crippen LogP contribution in [-0.2, 0) is 6.54 Å². The zero-order valence-corrected chi connectivity index (χ0v) is 20.3. The van der Waals surface area contributed by atoms with Crippen LogP contribution in [0.4, 0.5) is 17.6 Å². The van der Waals surface area contributed by atoms with Crippen LogP contribution >= 0.6 is 0 Å². The topological polar surface area (TPSA) is 93.5 Å². The van der Waals surface area contributed by atoms with Crippen LogP contribution in [0, 0.1) is 0 Å². The van der Waals surface area contributed by atoms with Crippen molar-refractivity contribution in [3.63, 3.8) is 0 Å². The van der Waals surface area contributed by atoms with Gasteiger partial charge in [-0.05, 0) is 51.4 Å². The van der Waals surface area contributed by atoms with Crippen molar-refractivity contribution in [3.8, 4) is 0 Å². The van der Waals surface area contributed by atoms with E-state index in [2.05, 4.69) is 50.0 Å². The van der Waals surface area contributed by atoms with Gasteiger partial charge in [0.15, 0.2) is 5.82 Å². The zero-order chi connectivity index (χ0) is 23.7. The predicted octanol–water partition coefficient (Wildman–Crippen LogP) is 2.95. The number of fused-ring (bicyclic) bond motifs is 1. The molecule has 2 aliphatic heterocycles. The van der Waals surface area contributed by atoms with Gasteiger partial charge in [-0.15, -0.1) is 0 Å². The number of likely N-dealkylation sites (N-methyl/N-ethyl adjacent to an activating group) is 1. The SMILES string of the molecule is C[C@@H](O)c1cc2cnc(Nc3ccc(CN4CCN(C)CC4)cn3)nc2c(N2CCC[C@@H]2C)n1. The van der Waals surface area contributed by atoms with Gasteiger partial charge in [-0.25, -0.2) is 19.9 Å². The molecule has 0 bridgehead atoms. The summed E-state index contributed by atoms with van der Waals surface area (Å²) in [5.74, 6) is 2.02. The van der Waals surface area contributed by atoms with E-state index in [1.54, 1.807) is 13.1 Å². The number of hydrogen-bond donors (Lipinski definition) is 2. The Morgan fingerprint density at radius 3 is 2.59 bits per heavy atom. The number of anilines is 3. The first-order chi connectivity index (χ1) is 16.5. The molecule has 3 aromatic rings. The lowest BCUT2D eigenvalue weighted by atomic mass is 10.2. The molecule has 180 valence electrons. The minimum Gasteiger partial charge on any atom is -0.387 e. The van der Waals surface area contributed by atoms with Gasteiger partial charge in [0.25, 0.3) is 0 Å². The van der Waals surface area contributed by atoms with Crippen LogP contribution in [0.3, 0.4) is 0 Å². The van der Waals surface area contributed by atoms with Crippen LogP contribution in [0.1, 0.15) is 44.1 Å². The van der Waals surface area contributed by atoms with E-state index in [1.165, 1.54) is 5.56 Å². The molecule has 0 aromatic carbocycles. The largest absolute Gasteiger partial charge is 0.387 e. The molecule has 0 radical (unpaired) electrons. The van der Waals surface area contributed by atoms with Crippen LogP contribution in [0.25, 0.3) is 10.9 Å². The van der Waals surface area contributed by atoms with Crippen molar-refractivity contribution in [3.05, 3.63) is 41.9 Å². The van der Waals surface area contributed by atoms with E-state index in [0.29, 0.717) is 23.5 Å². The molecule has 3 aromatic heterocycles. The lowest BCUT2D eigenvalue weighted by molar-refractivity contribution is 0.148. The second-order valence-corrected chi connectivity index (χ2v) is 9.62. The molecule has 5 rings (SSSR count). The molecule has 0 saturated carbocycles. The number of aliphatic hydroxyl groups is 1. The number of aliphatic hydroxyl groups excluding tert-OH is 1. The van der Waals surface area contributed by atoms with Crippen LogP contribution in [0.2, 0.25) is 0 Å². The number of aromatic nitrogens is 4. The molecule has 2 fully saturated rings. The highest BCUT2D eigenvalue weighted by atomic mass is 16.3. The summed E-state index contributed by atoms with van der Waals surface area (Å²) >= 11 is 0. The summed E-state index contributed by atoms with van der Waals surface area (Å²) in [7, 11) is 2.17. The van der Waals surface area contributed by atoms with E-state index in [0.717, 1.165) is 68.8 Å². The highest BCUT2D eigenvalue weighted by Gasteiger charge is 2.25. The monoisotopic (exact) mass is 462 g/mol. The first-order valence-electron chi connectivity index (χ1n) is 12.2. The molecule has 9 nitrogen and oxygen atoms in total. The maximum Gasteiger partial charge on any atom is 0.229 e. The van der Waals surface area contributed by atoms with Gasteiger partial charge in [0.2, 0.25) is 5.95 Å². The summed E-state index contributed by atoms with van der Waals surface area (Å²) in [6.45, 7) is 10.2. The van der Waals surface area contributed by atoms with E-state index < -0.39 is 6.10 Å². The summed E-state index contributed by atoms with van der Waals surface area (Å²) in [4.78, 5) is 25.8. The summed E-state index contributed by atoms with van der Waals surface area (Å²) < 4.78 is 0. The zero-order valence-electron chi connectivity index (χ0n) is 20.3. The second kappa shape index (κ2) is 9.77. The molecule has 2 saturated heterocycles. The molecular weight excluding hydrogens is 428 g/mol. The van der Waals surface area contributed by atoms with E-state index >= 15 is 0 Å². The van der Waals surface area contributed by atoms with Crippen LogP contribution in [-0.4, -0.2) is 80.7 Å². The summed E-state index contributed by atoms with van der Waals surface area (Å²) in [5, 5.41) is 14.3. The van der Waals surface area contributed by atoms with Gasteiger partial charge in [0.05, 0.1) is 11.8 Å². The molecule has 2 N–H and O–H groups in total. The normalized spacial score (nSPS) is 20.7. The third kappa shape index (κ3) is 4.96. The molecule has 0 amide bonds. The molecule has 2 aliphatic rings. The summed E-state index contributed by atoms with van der Waals surface area (Å²) in [6, 6.07) is 6.36. The number of rotatable bonds is 6. The fourth-order valence-corrected chi connectivity index (χ4v) is 4.74. The summed E-state index contributed by atoms with van der Waals surface area (Å²) in [6.07, 6.45) is 5.33. The van der Waals surface area contributed by atoms with Gasteiger partial charge in [0, 0.05) is 63.1 Å². The standard InChI is InChI=1S/C25H34N8O/c1-17-5-4-8-33(17)24-23-20(13-21(28-24)18(2)34)15-27-25(30-23)29-22-7-6-19(14-26-22)16-32-11-9-31(3)10-12-32/h6-7,13-15,17-18,34H,4-5,8-12,16H2,1-3H3,(H,26,27,29,30)/t17-,18+/m0/s1. The Hall–Kier alpha value is -2.88. The van der Waals surface area contributed by atoms with E-state index in [4.69, 9.17) is 9.97 Å². The Bertz CT molecular complexity index is 1130. The Labute approximate surface area is 200 Å². The molecular formula is C25H34N8O. The van der Waals surface area contributed by atoms with Crippen molar-refractivity contribution < 1.29 is 5.11 Å². The van der Waals surface area contributed by atoms with E-state index in [-0.39, 0.29) is 0 Å². The quantitative estimate of drug-likeness (QED) is 0.573. The highest BCUT2D eigenvalue weighted by molar-refractivity contribution is 5.89. The fraction of sp³-hybridized carbons (Fsp3) is 0.520. The number of nitrogens with one attached hydrogen (secondary N) is 1. The lowest BCUT2D eigenvalue weighted by Crippen LogP contribution is -2.43. The van der Waals surface area contributed by atoms with Gasteiger partial charge in [0.1, 0.15) is 11.3 Å². The van der Waals surface area contributed by atoms with Crippen molar-refractivity contribution >= 4 is 28.5 Å². The van der Waals surface area contributed by atoms with Crippen molar-refractivity contribution in [2.45, 2.75) is 45.4 Å². The van der Waals surface area contributed by atoms with Crippen LogP contribution < -0.4 is 10.2 Å². The number of pyridine rings is 2. The Kier molecular flexibility index (Phi) is 6.58. The van der Waals surface area contributed by atoms with Crippen molar-refractivity contribution in [2.75, 3.05) is 50.0 Å². The van der Waals surface area contributed by atoms with Crippen LogP contribution in [0.15, 0.2) is 30.6 Å². The molecule has 0 unspecified atom stereocenters. The third-order valence-electron chi connectivity index (χ3n) is 6.89. The molecule has 9 heteroatoms. The maximum absolute atomic E-state index is 10.2. The number of piperazine rings is 1. The van der Waals surface area contributed by atoms with Gasteiger partial charge < -0.3 is 20.2 Å². The van der Waals surface area contributed by atoms with Gasteiger partial charge in [-0.1, -0.05) is 6.07 Å². The van der Waals surface area contributed by atoms with E-state index in [9.17, 15) is 5.11 Å². The van der Waals surface area contributed by atoms with E-state index in [1.807, 2.05) is 18.3 Å². The highest BCUT2D eigenvalue weighted by Crippen LogP contribution is 2.32. The number of nitrogens with zero attached hydrogens (tertiary/aromatic N) is 7. The average Bonchev–Trinajstić information content (AvgIpc) is 3.26. The van der Waals surface area contributed by atoms with Gasteiger partial charge >= 0.3 is 0 Å². The second-order valence-electron chi connectivity index (χ2n) is 9.62. The molecule has 5 heterocycles. The van der Waals surface area contributed by atoms with Gasteiger partial charge in [-0.2, -0.15) is 0 Å². The molecule has 2 atom stereocenters.